The van der Waals surface area contributed by atoms with Crippen LogP contribution in [0.25, 0.3) is 0 Å². The van der Waals surface area contributed by atoms with Gasteiger partial charge in [0.15, 0.2) is 0 Å². The number of carbonyl (C=O) groups excluding carboxylic acids is 1. The van der Waals surface area contributed by atoms with Crippen molar-refractivity contribution in [2.75, 3.05) is 11.9 Å². The van der Waals surface area contributed by atoms with E-state index >= 15 is 0 Å². The molecule has 2 N–H and O–H groups in total. The van der Waals surface area contributed by atoms with E-state index in [9.17, 15) is 9.18 Å². The van der Waals surface area contributed by atoms with E-state index in [-0.39, 0.29) is 18.1 Å². The van der Waals surface area contributed by atoms with E-state index in [2.05, 4.69) is 15.8 Å². The zero-order valence-electron chi connectivity index (χ0n) is 11.0. The predicted octanol–water partition coefficient (Wildman–Crippen LogP) is 3.04. The topological polar surface area (TPSA) is 53.5 Å². The number of hydrogen-bond acceptors (Lipinski definition) is 3. The van der Waals surface area contributed by atoms with Crippen LogP contribution in [0.2, 0.25) is 5.02 Å². The van der Waals surface area contributed by atoms with Gasteiger partial charge in [-0.25, -0.2) is 9.82 Å². The zero-order valence-corrected chi connectivity index (χ0v) is 11.8. The quantitative estimate of drug-likeness (QED) is 0.659. The highest BCUT2D eigenvalue weighted by molar-refractivity contribution is 6.30. The van der Waals surface area contributed by atoms with Crippen LogP contribution in [-0.2, 0) is 4.79 Å². The Bertz CT molecular complexity index is 644. The second-order valence-corrected chi connectivity index (χ2v) is 4.61. The van der Waals surface area contributed by atoms with Gasteiger partial charge in [0.05, 0.1) is 18.4 Å². The van der Waals surface area contributed by atoms with E-state index in [1.165, 1.54) is 12.3 Å². The summed E-state index contributed by atoms with van der Waals surface area (Å²) in [4.78, 5) is 11.5. The lowest BCUT2D eigenvalue weighted by Gasteiger charge is -2.05. The van der Waals surface area contributed by atoms with E-state index in [1.807, 2.05) is 0 Å². The molecular formula is C15H13ClFN3O. The molecule has 0 unspecified atom stereocenters. The molecular weight excluding hydrogens is 293 g/mol. The van der Waals surface area contributed by atoms with Gasteiger partial charge in [-0.15, -0.1) is 0 Å². The summed E-state index contributed by atoms with van der Waals surface area (Å²) in [5, 5.41) is 7.12. The maximum Gasteiger partial charge on any atom is 0.259 e. The molecule has 0 atom stereocenters. The monoisotopic (exact) mass is 305 g/mol. The van der Waals surface area contributed by atoms with Crippen LogP contribution in [0.5, 0.6) is 0 Å². The second-order valence-electron chi connectivity index (χ2n) is 4.18. The Morgan fingerprint density at radius 3 is 2.62 bits per heavy atom. The van der Waals surface area contributed by atoms with Crippen LogP contribution >= 0.6 is 11.6 Å². The number of benzene rings is 2. The summed E-state index contributed by atoms with van der Waals surface area (Å²) in [6.07, 6.45) is 1.50. The number of hydrogen-bond donors (Lipinski definition) is 2. The van der Waals surface area contributed by atoms with E-state index in [0.717, 1.165) is 5.56 Å². The molecule has 4 nitrogen and oxygen atoms in total. The van der Waals surface area contributed by atoms with Crippen molar-refractivity contribution in [3.05, 3.63) is 64.9 Å². The Kier molecular flexibility index (Phi) is 5.29. The van der Waals surface area contributed by atoms with Crippen molar-refractivity contribution in [3.63, 3.8) is 0 Å². The number of amides is 1. The summed E-state index contributed by atoms with van der Waals surface area (Å²) in [6.45, 7) is -0.0705. The Morgan fingerprint density at radius 2 is 1.90 bits per heavy atom. The molecule has 0 saturated heterocycles. The molecule has 0 heterocycles. The number of hydrazone groups is 1. The van der Waals surface area contributed by atoms with Gasteiger partial charge in [0.25, 0.3) is 5.91 Å². The van der Waals surface area contributed by atoms with Gasteiger partial charge in [-0.1, -0.05) is 35.9 Å². The molecule has 0 saturated carbocycles. The van der Waals surface area contributed by atoms with E-state index in [0.29, 0.717) is 5.02 Å². The minimum Gasteiger partial charge on any atom is -0.374 e. The molecule has 2 rings (SSSR count). The largest absolute Gasteiger partial charge is 0.374 e. The van der Waals surface area contributed by atoms with Crippen molar-refractivity contribution < 1.29 is 9.18 Å². The van der Waals surface area contributed by atoms with Gasteiger partial charge in [-0.3, -0.25) is 4.79 Å². The maximum absolute atomic E-state index is 13.3. The fourth-order valence-corrected chi connectivity index (χ4v) is 1.67. The minimum atomic E-state index is -0.407. The van der Waals surface area contributed by atoms with Crippen LogP contribution in [-0.4, -0.2) is 18.7 Å². The van der Waals surface area contributed by atoms with Crippen LogP contribution in [0.1, 0.15) is 5.56 Å². The minimum absolute atomic E-state index is 0.0705. The fraction of sp³-hybridized carbons (Fsp3) is 0.0667. The highest BCUT2D eigenvalue weighted by Crippen LogP contribution is 2.11. The molecule has 108 valence electrons. The van der Waals surface area contributed by atoms with Crippen LogP contribution in [0, 0.1) is 5.82 Å². The lowest BCUT2D eigenvalue weighted by Crippen LogP contribution is -2.26. The molecule has 0 spiro atoms. The first-order chi connectivity index (χ1) is 10.1. The first kappa shape index (κ1) is 15.0. The molecule has 2 aromatic rings. The SMILES string of the molecule is O=C(CNc1ccccc1F)NN=Cc1ccc(Cl)cc1. The maximum atomic E-state index is 13.3. The third-order valence-corrected chi connectivity index (χ3v) is 2.84. The standard InChI is InChI=1S/C15H13ClFN3O/c16-12-7-5-11(6-8-12)9-19-20-15(21)10-18-14-4-2-1-3-13(14)17/h1-9,18H,10H2,(H,20,21). The average Bonchev–Trinajstić information content (AvgIpc) is 2.48. The normalized spacial score (nSPS) is 10.6. The first-order valence-electron chi connectivity index (χ1n) is 6.21. The Balaban J connectivity index is 1.80. The number of para-hydroxylation sites is 1. The highest BCUT2D eigenvalue weighted by atomic mass is 35.5. The van der Waals surface area contributed by atoms with Gasteiger partial charge < -0.3 is 5.32 Å². The van der Waals surface area contributed by atoms with Crippen LogP contribution < -0.4 is 10.7 Å². The number of halogens is 2. The van der Waals surface area contributed by atoms with E-state index < -0.39 is 5.82 Å². The van der Waals surface area contributed by atoms with Gasteiger partial charge in [0, 0.05) is 5.02 Å². The van der Waals surface area contributed by atoms with Crippen molar-refractivity contribution in [1.82, 2.24) is 5.43 Å². The number of nitrogens with zero attached hydrogens (tertiary/aromatic N) is 1. The van der Waals surface area contributed by atoms with Crippen molar-refractivity contribution in [3.8, 4) is 0 Å². The molecule has 6 heteroatoms. The summed E-state index contributed by atoms with van der Waals surface area (Å²) in [5.74, 6) is -0.779. The molecule has 0 aliphatic heterocycles. The summed E-state index contributed by atoms with van der Waals surface area (Å²) in [7, 11) is 0. The Labute approximate surface area is 126 Å². The Hall–Kier alpha value is -2.40. The van der Waals surface area contributed by atoms with E-state index in [1.54, 1.807) is 42.5 Å². The second kappa shape index (κ2) is 7.40. The summed E-state index contributed by atoms with van der Waals surface area (Å²) in [6, 6.07) is 13.1. The van der Waals surface area contributed by atoms with Crippen molar-refractivity contribution in [1.29, 1.82) is 0 Å². The van der Waals surface area contributed by atoms with Crippen molar-refractivity contribution in [2.45, 2.75) is 0 Å². The molecule has 2 aromatic carbocycles. The lowest BCUT2D eigenvalue weighted by atomic mass is 10.2. The molecule has 0 fully saturated rings. The molecule has 0 radical (unpaired) electrons. The van der Waals surface area contributed by atoms with Gasteiger partial charge >= 0.3 is 0 Å². The van der Waals surface area contributed by atoms with Gasteiger partial charge in [0.2, 0.25) is 0 Å². The van der Waals surface area contributed by atoms with Gasteiger partial charge in [-0.05, 0) is 29.8 Å². The highest BCUT2D eigenvalue weighted by Gasteiger charge is 2.02. The van der Waals surface area contributed by atoms with Gasteiger partial charge in [0.1, 0.15) is 5.82 Å². The lowest BCUT2D eigenvalue weighted by molar-refractivity contribution is -0.119. The predicted molar refractivity (Wildman–Crippen MR) is 82.1 cm³/mol. The fourth-order valence-electron chi connectivity index (χ4n) is 1.55. The third-order valence-electron chi connectivity index (χ3n) is 2.59. The zero-order chi connectivity index (χ0) is 15.1. The molecule has 0 aromatic heterocycles. The number of nitrogens with one attached hydrogen (secondary N) is 2. The number of carbonyl (C=O) groups is 1. The molecule has 21 heavy (non-hydrogen) atoms. The Morgan fingerprint density at radius 1 is 1.19 bits per heavy atom. The molecule has 0 aliphatic rings. The van der Waals surface area contributed by atoms with E-state index in [4.69, 9.17) is 11.6 Å². The van der Waals surface area contributed by atoms with Crippen LogP contribution in [0.4, 0.5) is 10.1 Å². The summed E-state index contributed by atoms with van der Waals surface area (Å²) < 4.78 is 13.3. The van der Waals surface area contributed by atoms with Gasteiger partial charge in [-0.2, -0.15) is 5.10 Å². The third kappa shape index (κ3) is 4.89. The van der Waals surface area contributed by atoms with Crippen molar-refractivity contribution in [2.24, 2.45) is 5.10 Å². The van der Waals surface area contributed by atoms with Crippen LogP contribution in [0.15, 0.2) is 53.6 Å². The van der Waals surface area contributed by atoms with Crippen molar-refractivity contribution >= 4 is 29.4 Å². The molecule has 1 amide bonds. The average molecular weight is 306 g/mol. The number of rotatable bonds is 5. The first-order valence-corrected chi connectivity index (χ1v) is 6.59. The number of anilines is 1. The summed E-state index contributed by atoms with van der Waals surface area (Å²) in [5.41, 5.74) is 3.43. The van der Waals surface area contributed by atoms with Crippen LogP contribution in [0.3, 0.4) is 0 Å². The molecule has 0 bridgehead atoms. The smallest absolute Gasteiger partial charge is 0.259 e. The molecule has 0 aliphatic carbocycles. The summed E-state index contributed by atoms with van der Waals surface area (Å²) >= 11 is 5.76.